The van der Waals surface area contributed by atoms with Crippen LogP contribution in [0.5, 0.6) is 0 Å². The highest BCUT2D eigenvalue weighted by Crippen LogP contribution is 2.21. The SMILES string of the molecule is CCC1(N)C=C(N2CC(NC)C2)NC(N)=N1. The molecule has 6 nitrogen and oxygen atoms in total. The van der Waals surface area contributed by atoms with E-state index >= 15 is 0 Å². The summed E-state index contributed by atoms with van der Waals surface area (Å²) in [5.74, 6) is 1.37. The number of hydrogen-bond acceptors (Lipinski definition) is 6. The van der Waals surface area contributed by atoms with Crippen molar-refractivity contribution in [2.24, 2.45) is 16.5 Å². The average molecular weight is 224 g/mol. The third kappa shape index (κ3) is 1.98. The molecule has 2 aliphatic heterocycles. The summed E-state index contributed by atoms with van der Waals surface area (Å²) in [6.45, 7) is 3.95. The Balaban J connectivity index is 2.06. The maximum Gasteiger partial charge on any atom is 0.196 e. The van der Waals surface area contributed by atoms with Gasteiger partial charge >= 0.3 is 0 Å². The van der Waals surface area contributed by atoms with Crippen LogP contribution in [0, 0.1) is 0 Å². The monoisotopic (exact) mass is 224 g/mol. The smallest absolute Gasteiger partial charge is 0.196 e. The van der Waals surface area contributed by atoms with Gasteiger partial charge in [0.2, 0.25) is 0 Å². The van der Waals surface area contributed by atoms with Crippen molar-refractivity contribution in [2.45, 2.75) is 25.0 Å². The highest BCUT2D eigenvalue weighted by Gasteiger charge is 2.32. The summed E-state index contributed by atoms with van der Waals surface area (Å²) in [4.78, 5) is 6.41. The van der Waals surface area contributed by atoms with E-state index in [1.54, 1.807) is 0 Å². The highest BCUT2D eigenvalue weighted by molar-refractivity contribution is 5.81. The summed E-state index contributed by atoms with van der Waals surface area (Å²) in [7, 11) is 1.97. The molecule has 1 unspecified atom stereocenters. The third-order valence-electron chi connectivity index (χ3n) is 3.17. The first-order valence-electron chi connectivity index (χ1n) is 5.62. The standard InChI is InChI=1S/C10H20N6/c1-3-10(12)4-8(14-9(11)15-10)16-5-7(6-16)13-2/h4,7,13H,3,5-6,12H2,1-2H3,(H3,11,14,15). The van der Waals surface area contributed by atoms with E-state index in [9.17, 15) is 0 Å². The van der Waals surface area contributed by atoms with Crippen molar-refractivity contribution in [2.75, 3.05) is 20.1 Å². The van der Waals surface area contributed by atoms with E-state index < -0.39 is 5.66 Å². The number of nitrogens with zero attached hydrogens (tertiary/aromatic N) is 2. The quantitative estimate of drug-likeness (QED) is 0.479. The van der Waals surface area contributed by atoms with Gasteiger partial charge in [-0.3, -0.25) is 0 Å². The molecule has 0 aromatic rings. The lowest BCUT2D eigenvalue weighted by atomic mass is 10.1. The molecule has 2 heterocycles. The van der Waals surface area contributed by atoms with Gasteiger partial charge in [0.1, 0.15) is 11.5 Å². The predicted octanol–water partition coefficient (Wildman–Crippen LogP) is -1.29. The van der Waals surface area contributed by atoms with Crippen molar-refractivity contribution in [3.63, 3.8) is 0 Å². The second kappa shape index (κ2) is 3.95. The largest absolute Gasteiger partial charge is 0.370 e. The van der Waals surface area contributed by atoms with Gasteiger partial charge in [0.25, 0.3) is 0 Å². The predicted molar refractivity (Wildman–Crippen MR) is 64.5 cm³/mol. The van der Waals surface area contributed by atoms with E-state index in [-0.39, 0.29) is 0 Å². The molecule has 1 atom stereocenters. The molecule has 16 heavy (non-hydrogen) atoms. The fraction of sp³-hybridized carbons (Fsp3) is 0.700. The van der Waals surface area contributed by atoms with E-state index in [1.807, 2.05) is 20.0 Å². The molecular formula is C10H20N6. The normalized spacial score (nSPS) is 30.3. The zero-order valence-electron chi connectivity index (χ0n) is 9.83. The van der Waals surface area contributed by atoms with E-state index in [0.29, 0.717) is 12.0 Å². The molecule has 0 spiro atoms. The molecule has 0 aromatic carbocycles. The van der Waals surface area contributed by atoms with Crippen LogP contribution in [0.3, 0.4) is 0 Å². The topological polar surface area (TPSA) is 91.7 Å². The van der Waals surface area contributed by atoms with Gasteiger partial charge in [0.05, 0.1) is 0 Å². The Hall–Kier alpha value is -1.27. The van der Waals surface area contributed by atoms with Gasteiger partial charge in [-0.25, -0.2) is 4.99 Å². The summed E-state index contributed by atoms with van der Waals surface area (Å²) in [5, 5.41) is 6.29. The van der Waals surface area contributed by atoms with Crippen molar-refractivity contribution in [1.29, 1.82) is 0 Å². The Kier molecular flexibility index (Phi) is 2.77. The molecule has 0 amide bonds. The van der Waals surface area contributed by atoms with Crippen molar-refractivity contribution in [1.82, 2.24) is 15.5 Å². The zero-order valence-corrected chi connectivity index (χ0v) is 9.83. The maximum absolute atomic E-state index is 6.10. The van der Waals surface area contributed by atoms with Crippen LogP contribution in [-0.4, -0.2) is 42.7 Å². The third-order valence-corrected chi connectivity index (χ3v) is 3.17. The van der Waals surface area contributed by atoms with Crippen molar-refractivity contribution < 1.29 is 0 Å². The van der Waals surface area contributed by atoms with Crippen LogP contribution < -0.4 is 22.1 Å². The Bertz CT molecular complexity index is 330. The van der Waals surface area contributed by atoms with Crippen molar-refractivity contribution in [3.05, 3.63) is 11.9 Å². The lowest BCUT2D eigenvalue weighted by Gasteiger charge is -2.44. The summed E-state index contributed by atoms with van der Waals surface area (Å²) in [6.07, 6.45) is 2.69. The second-order valence-electron chi connectivity index (χ2n) is 4.39. The first kappa shape index (κ1) is 11.2. The molecule has 6 N–H and O–H groups in total. The Labute approximate surface area is 95.8 Å². The van der Waals surface area contributed by atoms with Crippen LogP contribution in [0.2, 0.25) is 0 Å². The summed E-state index contributed by atoms with van der Waals surface area (Å²) in [6, 6.07) is 0.552. The first-order chi connectivity index (χ1) is 7.56. The molecule has 6 heteroatoms. The molecule has 0 aromatic heterocycles. The minimum absolute atomic E-state index is 0.398. The fourth-order valence-corrected chi connectivity index (χ4v) is 1.90. The lowest BCUT2D eigenvalue weighted by Crippen LogP contribution is -2.60. The van der Waals surface area contributed by atoms with Gasteiger partial charge in [0.15, 0.2) is 5.96 Å². The van der Waals surface area contributed by atoms with Crippen molar-refractivity contribution >= 4 is 5.96 Å². The summed E-state index contributed by atoms with van der Waals surface area (Å²) < 4.78 is 0. The zero-order chi connectivity index (χ0) is 11.8. The Morgan fingerprint density at radius 3 is 2.94 bits per heavy atom. The molecular weight excluding hydrogens is 204 g/mol. The van der Waals surface area contributed by atoms with Gasteiger partial charge in [-0.05, 0) is 19.5 Å². The minimum atomic E-state index is -0.657. The average Bonchev–Trinajstić information content (AvgIpc) is 2.15. The summed E-state index contributed by atoms with van der Waals surface area (Å²) >= 11 is 0. The van der Waals surface area contributed by atoms with Gasteiger partial charge in [-0.15, -0.1) is 0 Å². The molecule has 2 rings (SSSR count). The van der Waals surface area contributed by atoms with Crippen molar-refractivity contribution in [3.8, 4) is 0 Å². The van der Waals surface area contributed by atoms with E-state index in [1.165, 1.54) is 0 Å². The minimum Gasteiger partial charge on any atom is -0.370 e. The molecule has 0 saturated carbocycles. The number of likely N-dealkylation sites (tertiary alicyclic amines) is 1. The molecule has 2 aliphatic rings. The number of rotatable bonds is 3. The number of hydrogen-bond donors (Lipinski definition) is 4. The van der Waals surface area contributed by atoms with Gasteiger partial charge in [-0.2, -0.15) is 0 Å². The number of nitrogens with two attached hydrogens (primary N) is 2. The fourth-order valence-electron chi connectivity index (χ4n) is 1.90. The molecule has 90 valence electrons. The molecule has 1 saturated heterocycles. The second-order valence-corrected chi connectivity index (χ2v) is 4.39. The van der Waals surface area contributed by atoms with Crippen LogP contribution in [-0.2, 0) is 0 Å². The number of guanidine groups is 1. The van der Waals surface area contributed by atoms with Crippen LogP contribution in [0.4, 0.5) is 0 Å². The number of likely N-dealkylation sites (N-methyl/N-ethyl adjacent to an activating group) is 1. The summed E-state index contributed by atoms with van der Waals surface area (Å²) in [5.41, 5.74) is 11.2. The Morgan fingerprint density at radius 2 is 2.38 bits per heavy atom. The van der Waals surface area contributed by atoms with E-state index in [0.717, 1.165) is 25.3 Å². The first-order valence-corrected chi connectivity index (χ1v) is 5.62. The van der Waals surface area contributed by atoms with Gasteiger partial charge in [-0.1, -0.05) is 6.92 Å². The Morgan fingerprint density at radius 1 is 1.69 bits per heavy atom. The highest BCUT2D eigenvalue weighted by atomic mass is 15.4. The van der Waals surface area contributed by atoms with Crippen LogP contribution >= 0.6 is 0 Å². The molecule has 0 aliphatic carbocycles. The maximum atomic E-state index is 6.10. The van der Waals surface area contributed by atoms with E-state index in [4.69, 9.17) is 11.5 Å². The lowest BCUT2D eigenvalue weighted by molar-refractivity contribution is 0.167. The van der Waals surface area contributed by atoms with E-state index in [2.05, 4.69) is 20.5 Å². The number of aliphatic imine (C=N–C) groups is 1. The van der Waals surface area contributed by atoms with Crippen LogP contribution in [0.25, 0.3) is 0 Å². The molecule has 0 radical (unpaired) electrons. The molecule has 0 bridgehead atoms. The van der Waals surface area contributed by atoms with Gasteiger partial charge < -0.3 is 27.0 Å². The molecule has 1 fully saturated rings. The van der Waals surface area contributed by atoms with Crippen LogP contribution in [0.15, 0.2) is 16.9 Å². The number of nitrogens with one attached hydrogen (secondary N) is 2. The van der Waals surface area contributed by atoms with Gasteiger partial charge in [0, 0.05) is 19.1 Å². The van der Waals surface area contributed by atoms with Crippen LogP contribution in [0.1, 0.15) is 13.3 Å².